The Morgan fingerprint density at radius 1 is 1.12 bits per heavy atom. The van der Waals surface area contributed by atoms with Crippen LogP contribution in [-0.4, -0.2) is 22.6 Å². The number of nitrogens with zero attached hydrogens (tertiary/aromatic N) is 2. The highest BCUT2D eigenvalue weighted by atomic mass is 35.5. The summed E-state index contributed by atoms with van der Waals surface area (Å²) in [5.74, 6) is -0.163. The molecule has 136 valence electrons. The smallest absolute Gasteiger partial charge is 0.123 e. The van der Waals surface area contributed by atoms with E-state index in [1.807, 2.05) is 18.2 Å². The lowest BCUT2D eigenvalue weighted by molar-refractivity contribution is 0.177. The Hall–Kier alpha value is -1.84. The van der Waals surface area contributed by atoms with Gasteiger partial charge in [0.15, 0.2) is 0 Å². The van der Waals surface area contributed by atoms with E-state index in [2.05, 4.69) is 42.5 Å². The van der Waals surface area contributed by atoms with Gasteiger partial charge in [-0.25, -0.2) is 4.39 Å². The van der Waals surface area contributed by atoms with E-state index in [9.17, 15) is 4.39 Å². The first-order valence-electron chi connectivity index (χ1n) is 9.22. The van der Waals surface area contributed by atoms with Crippen LogP contribution in [0.1, 0.15) is 36.7 Å². The summed E-state index contributed by atoms with van der Waals surface area (Å²) >= 11 is 6.00. The minimum Gasteiger partial charge on any atom is -0.344 e. The minimum atomic E-state index is -0.163. The molecular weight excluding hydrogens is 347 g/mol. The molecule has 2 atom stereocenters. The van der Waals surface area contributed by atoms with E-state index >= 15 is 0 Å². The van der Waals surface area contributed by atoms with Crippen LogP contribution in [0.5, 0.6) is 0 Å². The molecule has 0 fully saturated rings. The third kappa shape index (κ3) is 2.93. The topological polar surface area (TPSA) is 8.17 Å². The highest BCUT2D eigenvalue weighted by molar-refractivity contribution is 6.30. The lowest BCUT2D eigenvalue weighted by Gasteiger charge is -2.36. The molecule has 2 unspecified atom stereocenters. The van der Waals surface area contributed by atoms with Crippen LogP contribution in [0.2, 0.25) is 5.02 Å². The van der Waals surface area contributed by atoms with Crippen molar-refractivity contribution in [2.24, 2.45) is 0 Å². The molecule has 0 spiro atoms. The Balaban J connectivity index is 1.79. The molecule has 0 radical (unpaired) electrons. The average Bonchev–Trinajstić information content (AvgIpc) is 2.92. The number of hydrogen-bond donors (Lipinski definition) is 0. The minimum absolute atomic E-state index is 0.163. The molecule has 1 aliphatic heterocycles. The van der Waals surface area contributed by atoms with Crippen LogP contribution in [-0.2, 0) is 19.4 Å². The first kappa shape index (κ1) is 17.6. The summed E-state index contributed by atoms with van der Waals surface area (Å²) in [6.07, 6.45) is 1.93. The van der Waals surface area contributed by atoms with Crippen molar-refractivity contribution in [1.29, 1.82) is 0 Å². The average molecular weight is 371 g/mol. The maximum Gasteiger partial charge on any atom is 0.123 e. The number of hydrogen-bond acceptors (Lipinski definition) is 1. The molecule has 1 aliphatic rings. The van der Waals surface area contributed by atoms with Gasteiger partial charge in [-0.2, -0.15) is 0 Å². The summed E-state index contributed by atoms with van der Waals surface area (Å²) in [6, 6.07) is 14.0. The monoisotopic (exact) mass is 370 g/mol. The van der Waals surface area contributed by atoms with Gasteiger partial charge in [0, 0.05) is 46.7 Å². The summed E-state index contributed by atoms with van der Waals surface area (Å²) < 4.78 is 16.4. The lowest BCUT2D eigenvalue weighted by atomic mass is 9.93. The van der Waals surface area contributed by atoms with Crippen LogP contribution in [0.3, 0.4) is 0 Å². The highest BCUT2D eigenvalue weighted by Crippen LogP contribution is 2.39. The molecule has 1 aromatic heterocycles. The summed E-state index contributed by atoms with van der Waals surface area (Å²) in [5, 5.41) is 1.82. The zero-order valence-corrected chi connectivity index (χ0v) is 16.2. The van der Waals surface area contributed by atoms with Crippen molar-refractivity contribution in [3.63, 3.8) is 0 Å². The second-order valence-electron chi connectivity index (χ2n) is 7.44. The van der Waals surface area contributed by atoms with Gasteiger partial charge in [-0.05, 0) is 68.8 Å². The van der Waals surface area contributed by atoms with Crippen LogP contribution in [0.25, 0.3) is 10.9 Å². The predicted octanol–water partition coefficient (Wildman–Crippen LogP) is 5.61. The van der Waals surface area contributed by atoms with E-state index in [0.29, 0.717) is 6.04 Å². The highest BCUT2D eigenvalue weighted by Gasteiger charge is 2.31. The standard InChI is InChI=1S/C22H24ClFN2/c1-14-12-21-22(15(2)25(14)3)19-13-18(24)8-9-20(19)26(21)11-10-16-4-6-17(23)7-5-16/h4-9,13-15H,10-12H2,1-3H3. The normalized spacial score (nSPS) is 20.5. The molecule has 0 aliphatic carbocycles. The third-order valence-electron chi connectivity index (χ3n) is 5.93. The molecule has 4 rings (SSSR count). The number of halogens is 2. The SMILES string of the molecule is CC1Cc2c(c3cc(F)ccc3n2CCc2ccc(Cl)cc2)C(C)N1C. The summed E-state index contributed by atoms with van der Waals surface area (Å²) in [6.45, 7) is 5.38. The van der Waals surface area contributed by atoms with Crippen LogP contribution < -0.4 is 0 Å². The Morgan fingerprint density at radius 2 is 1.85 bits per heavy atom. The van der Waals surface area contributed by atoms with Gasteiger partial charge in [-0.3, -0.25) is 4.90 Å². The largest absolute Gasteiger partial charge is 0.344 e. The zero-order chi connectivity index (χ0) is 18.4. The second-order valence-corrected chi connectivity index (χ2v) is 7.88. The van der Waals surface area contributed by atoms with Gasteiger partial charge in [0.1, 0.15) is 5.82 Å². The van der Waals surface area contributed by atoms with Gasteiger partial charge < -0.3 is 4.57 Å². The van der Waals surface area contributed by atoms with E-state index in [1.165, 1.54) is 16.8 Å². The van der Waals surface area contributed by atoms with E-state index in [-0.39, 0.29) is 11.9 Å². The van der Waals surface area contributed by atoms with Crippen molar-refractivity contribution < 1.29 is 4.39 Å². The van der Waals surface area contributed by atoms with Crippen molar-refractivity contribution in [2.75, 3.05) is 7.05 Å². The first-order valence-corrected chi connectivity index (χ1v) is 9.60. The molecule has 3 aromatic rings. The van der Waals surface area contributed by atoms with Crippen molar-refractivity contribution in [1.82, 2.24) is 9.47 Å². The number of benzene rings is 2. The van der Waals surface area contributed by atoms with Crippen molar-refractivity contribution >= 4 is 22.5 Å². The Bertz CT molecular complexity index is 945. The van der Waals surface area contributed by atoms with Gasteiger partial charge in [0.25, 0.3) is 0 Å². The van der Waals surface area contributed by atoms with E-state index in [1.54, 1.807) is 12.1 Å². The van der Waals surface area contributed by atoms with E-state index in [0.717, 1.165) is 35.3 Å². The lowest BCUT2D eigenvalue weighted by Crippen LogP contribution is -2.38. The zero-order valence-electron chi connectivity index (χ0n) is 15.5. The Kier molecular flexibility index (Phi) is 4.54. The van der Waals surface area contributed by atoms with Crippen molar-refractivity contribution in [3.05, 3.63) is 70.1 Å². The second kappa shape index (κ2) is 6.71. The molecule has 0 bridgehead atoms. The molecular formula is C22H24ClFN2. The maximum atomic E-state index is 14.0. The van der Waals surface area contributed by atoms with Gasteiger partial charge in [0.2, 0.25) is 0 Å². The molecule has 4 heteroatoms. The molecule has 2 nitrogen and oxygen atoms in total. The molecule has 26 heavy (non-hydrogen) atoms. The number of aryl methyl sites for hydroxylation is 2. The molecule has 2 heterocycles. The number of aromatic nitrogens is 1. The summed E-state index contributed by atoms with van der Waals surface area (Å²) in [4.78, 5) is 2.39. The third-order valence-corrected chi connectivity index (χ3v) is 6.18. The van der Waals surface area contributed by atoms with E-state index < -0.39 is 0 Å². The molecule has 0 amide bonds. The maximum absolute atomic E-state index is 14.0. The first-order chi connectivity index (χ1) is 12.5. The number of rotatable bonds is 3. The van der Waals surface area contributed by atoms with Crippen LogP contribution in [0, 0.1) is 5.82 Å². The number of likely N-dealkylation sites (N-methyl/N-ethyl adjacent to an activating group) is 1. The van der Waals surface area contributed by atoms with Crippen LogP contribution >= 0.6 is 11.6 Å². The quantitative estimate of drug-likeness (QED) is 0.581. The van der Waals surface area contributed by atoms with E-state index in [4.69, 9.17) is 11.6 Å². The molecule has 0 N–H and O–H groups in total. The van der Waals surface area contributed by atoms with Gasteiger partial charge in [-0.1, -0.05) is 23.7 Å². The fourth-order valence-electron chi connectivity index (χ4n) is 4.25. The van der Waals surface area contributed by atoms with Crippen molar-refractivity contribution in [3.8, 4) is 0 Å². The summed E-state index contributed by atoms with van der Waals surface area (Å²) in [7, 11) is 2.16. The van der Waals surface area contributed by atoms with Crippen LogP contribution in [0.4, 0.5) is 4.39 Å². The Labute approximate surface area is 159 Å². The predicted molar refractivity (Wildman–Crippen MR) is 106 cm³/mol. The number of fused-ring (bicyclic) bond motifs is 3. The van der Waals surface area contributed by atoms with Gasteiger partial charge in [-0.15, -0.1) is 0 Å². The van der Waals surface area contributed by atoms with Gasteiger partial charge in [0.05, 0.1) is 0 Å². The molecule has 0 saturated heterocycles. The van der Waals surface area contributed by atoms with Crippen molar-refractivity contribution in [2.45, 2.75) is 45.3 Å². The van der Waals surface area contributed by atoms with Gasteiger partial charge >= 0.3 is 0 Å². The fraction of sp³-hybridized carbons (Fsp3) is 0.364. The molecule has 2 aromatic carbocycles. The summed E-state index contributed by atoms with van der Waals surface area (Å²) in [5.41, 5.74) is 5.05. The van der Waals surface area contributed by atoms with Crippen LogP contribution in [0.15, 0.2) is 42.5 Å². The Morgan fingerprint density at radius 3 is 2.58 bits per heavy atom. The fourth-order valence-corrected chi connectivity index (χ4v) is 4.37. The molecule has 0 saturated carbocycles.